The van der Waals surface area contributed by atoms with Crippen LogP contribution in [0, 0.1) is 0 Å². The zero-order valence-electron chi connectivity index (χ0n) is 15.0. The lowest BCUT2D eigenvalue weighted by Gasteiger charge is -2.29. The maximum Gasteiger partial charge on any atom is 0.233 e. The van der Waals surface area contributed by atoms with E-state index in [1.807, 2.05) is 0 Å². The van der Waals surface area contributed by atoms with Gasteiger partial charge in [0.2, 0.25) is 5.91 Å². The van der Waals surface area contributed by atoms with Crippen molar-refractivity contribution >= 4 is 15.7 Å². The summed E-state index contributed by atoms with van der Waals surface area (Å²) in [4.78, 5) is 14.7. The average Bonchev–Trinajstić information content (AvgIpc) is 3.24. The Morgan fingerprint density at radius 1 is 1.17 bits per heavy atom. The molecule has 4 nitrogen and oxygen atoms in total. The zero-order chi connectivity index (χ0) is 17.8. The van der Waals surface area contributed by atoms with E-state index in [1.54, 1.807) is 11.9 Å². The van der Waals surface area contributed by atoms with Crippen molar-refractivity contribution in [3.05, 3.63) is 35.4 Å². The molecule has 1 aliphatic carbocycles. The van der Waals surface area contributed by atoms with Gasteiger partial charge in [-0.1, -0.05) is 45.0 Å². The highest BCUT2D eigenvalue weighted by Crippen LogP contribution is 2.50. The standard InChI is InChI=1S/C19H27NO3S/c1-18(2,3)14-5-7-15(8-6-14)19(10-11-19)17(21)20(4)16-9-12-24(22,23)13-16/h5-8,16H,9-13H2,1-4H3/t16-/m0/s1. The maximum absolute atomic E-state index is 13.0. The molecule has 0 unspecified atom stereocenters. The summed E-state index contributed by atoms with van der Waals surface area (Å²) < 4.78 is 23.4. The van der Waals surface area contributed by atoms with E-state index in [1.165, 1.54) is 5.56 Å². The van der Waals surface area contributed by atoms with Gasteiger partial charge < -0.3 is 4.90 Å². The minimum atomic E-state index is -2.98. The van der Waals surface area contributed by atoms with Gasteiger partial charge >= 0.3 is 0 Å². The first kappa shape index (κ1) is 17.5. The van der Waals surface area contributed by atoms with Gasteiger partial charge in [0.15, 0.2) is 9.84 Å². The molecule has 0 radical (unpaired) electrons. The van der Waals surface area contributed by atoms with Gasteiger partial charge in [-0.15, -0.1) is 0 Å². The van der Waals surface area contributed by atoms with E-state index in [4.69, 9.17) is 0 Å². The van der Waals surface area contributed by atoms with E-state index >= 15 is 0 Å². The molecular weight excluding hydrogens is 322 g/mol. The molecule has 1 heterocycles. The summed E-state index contributed by atoms with van der Waals surface area (Å²) in [7, 11) is -1.22. The number of nitrogens with zero attached hydrogens (tertiary/aromatic N) is 1. The fourth-order valence-corrected chi connectivity index (χ4v) is 5.40. The summed E-state index contributed by atoms with van der Waals surface area (Å²) in [6, 6.07) is 8.20. The third kappa shape index (κ3) is 3.10. The maximum atomic E-state index is 13.0. The van der Waals surface area contributed by atoms with E-state index in [9.17, 15) is 13.2 Å². The molecule has 5 heteroatoms. The Bertz CT molecular complexity index is 740. The first-order chi connectivity index (χ1) is 11.1. The smallest absolute Gasteiger partial charge is 0.233 e. The van der Waals surface area contributed by atoms with Crippen LogP contribution in [0.15, 0.2) is 24.3 Å². The molecule has 3 rings (SSSR count). The van der Waals surface area contributed by atoms with E-state index in [0.717, 1.165) is 18.4 Å². The third-order valence-electron chi connectivity index (χ3n) is 5.54. The normalized spacial score (nSPS) is 24.6. The third-order valence-corrected chi connectivity index (χ3v) is 7.29. The number of benzene rings is 1. The summed E-state index contributed by atoms with van der Waals surface area (Å²) in [5.74, 6) is 0.379. The van der Waals surface area contributed by atoms with Crippen molar-refractivity contribution < 1.29 is 13.2 Å². The molecule has 0 bridgehead atoms. The summed E-state index contributed by atoms with van der Waals surface area (Å²) in [6.45, 7) is 6.52. The number of sulfone groups is 1. The van der Waals surface area contributed by atoms with Gasteiger partial charge in [0, 0.05) is 13.1 Å². The molecule has 24 heavy (non-hydrogen) atoms. The van der Waals surface area contributed by atoms with Crippen molar-refractivity contribution in [2.45, 2.75) is 56.9 Å². The van der Waals surface area contributed by atoms with Crippen LogP contribution in [0.25, 0.3) is 0 Å². The van der Waals surface area contributed by atoms with Crippen LogP contribution in [0.4, 0.5) is 0 Å². The van der Waals surface area contributed by atoms with E-state index in [2.05, 4.69) is 45.0 Å². The van der Waals surface area contributed by atoms with Crippen molar-refractivity contribution in [2.24, 2.45) is 0 Å². The Kier molecular flexibility index (Phi) is 4.06. The summed E-state index contributed by atoms with van der Waals surface area (Å²) >= 11 is 0. The molecule has 1 saturated heterocycles. The molecule has 1 aromatic carbocycles. The fraction of sp³-hybridized carbons (Fsp3) is 0.632. The highest BCUT2D eigenvalue weighted by molar-refractivity contribution is 7.91. The van der Waals surface area contributed by atoms with Crippen LogP contribution in [0.5, 0.6) is 0 Å². The molecule has 2 aliphatic rings. The molecule has 1 aliphatic heterocycles. The molecule has 1 amide bonds. The molecule has 0 spiro atoms. The SMILES string of the molecule is CN(C(=O)C1(c2ccc(C(C)(C)C)cc2)CC1)[C@H]1CCS(=O)(=O)C1. The van der Waals surface area contributed by atoms with Crippen molar-refractivity contribution in [3.63, 3.8) is 0 Å². The van der Waals surface area contributed by atoms with Crippen LogP contribution in [-0.2, 0) is 25.5 Å². The van der Waals surface area contributed by atoms with Crippen LogP contribution in [0.3, 0.4) is 0 Å². The number of carbonyl (C=O) groups excluding carboxylic acids is 1. The van der Waals surface area contributed by atoms with E-state index in [-0.39, 0.29) is 28.9 Å². The zero-order valence-corrected chi connectivity index (χ0v) is 15.8. The van der Waals surface area contributed by atoms with E-state index < -0.39 is 15.3 Å². The number of likely N-dealkylation sites (N-methyl/N-ethyl adjacent to an activating group) is 1. The van der Waals surface area contributed by atoms with Gasteiger partial charge in [-0.25, -0.2) is 8.42 Å². The van der Waals surface area contributed by atoms with Crippen LogP contribution in [0.1, 0.15) is 51.2 Å². The Labute approximate surface area is 145 Å². The monoisotopic (exact) mass is 349 g/mol. The van der Waals surface area contributed by atoms with Gasteiger partial charge in [0.1, 0.15) is 0 Å². The summed E-state index contributed by atoms with van der Waals surface area (Å²) in [6.07, 6.45) is 2.26. The predicted molar refractivity (Wildman–Crippen MR) is 95.9 cm³/mol. The molecular formula is C19H27NO3S. The quantitative estimate of drug-likeness (QED) is 0.843. The Morgan fingerprint density at radius 3 is 2.17 bits per heavy atom. The molecule has 1 atom stereocenters. The van der Waals surface area contributed by atoms with Gasteiger partial charge in [-0.05, 0) is 35.8 Å². The van der Waals surface area contributed by atoms with Crippen molar-refractivity contribution in [1.29, 1.82) is 0 Å². The lowest BCUT2D eigenvalue weighted by molar-refractivity contribution is -0.134. The van der Waals surface area contributed by atoms with Gasteiger partial charge in [-0.3, -0.25) is 4.79 Å². The van der Waals surface area contributed by atoms with Crippen LogP contribution < -0.4 is 0 Å². The minimum absolute atomic E-state index is 0.0770. The number of hydrogen-bond acceptors (Lipinski definition) is 3. The predicted octanol–water partition coefficient (Wildman–Crippen LogP) is 2.66. The lowest BCUT2D eigenvalue weighted by atomic mass is 9.84. The van der Waals surface area contributed by atoms with Crippen molar-refractivity contribution in [3.8, 4) is 0 Å². The molecule has 132 valence electrons. The Hall–Kier alpha value is -1.36. The molecule has 1 saturated carbocycles. The fourth-order valence-electron chi connectivity index (χ4n) is 3.62. The Balaban J connectivity index is 1.79. The molecule has 2 fully saturated rings. The lowest BCUT2D eigenvalue weighted by Crippen LogP contribution is -2.43. The second-order valence-electron chi connectivity index (χ2n) is 8.38. The van der Waals surface area contributed by atoms with Crippen molar-refractivity contribution in [1.82, 2.24) is 4.90 Å². The number of hydrogen-bond donors (Lipinski definition) is 0. The molecule has 0 aromatic heterocycles. The van der Waals surface area contributed by atoms with Crippen LogP contribution >= 0.6 is 0 Å². The summed E-state index contributed by atoms with van der Waals surface area (Å²) in [5, 5.41) is 0. The number of carbonyl (C=O) groups is 1. The highest BCUT2D eigenvalue weighted by Gasteiger charge is 2.53. The van der Waals surface area contributed by atoms with E-state index in [0.29, 0.717) is 6.42 Å². The van der Waals surface area contributed by atoms with Crippen LogP contribution in [0.2, 0.25) is 0 Å². The molecule has 1 aromatic rings. The van der Waals surface area contributed by atoms with Gasteiger partial charge in [0.05, 0.1) is 16.9 Å². The largest absolute Gasteiger partial charge is 0.341 e. The summed E-state index contributed by atoms with van der Waals surface area (Å²) in [5.41, 5.74) is 1.98. The van der Waals surface area contributed by atoms with Crippen LogP contribution in [-0.4, -0.2) is 43.8 Å². The Morgan fingerprint density at radius 2 is 1.75 bits per heavy atom. The average molecular weight is 349 g/mol. The number of rotatable bonds is 3. The minimum Gasteiger partial charge on any atom is -0.341 e. The van der Waals surface area contributed by atoms with Gasteiger partial charge in [-0.2, -0.15) is 0 Å². The second kappa shape index (κ2) is 5.58. The first-order valence-corrected chi connectivity index (χ1v) is 10.5. The molecule has 0 N–H and O–H groups in total. The number of amides is 1. The van der Waals surface area contributed by atoms with Crippen molar-refractivity contribution in [2.75, 3.05) is 18.6 Å². The first-order valence-electron chi connectivity index (χ1n) is 8.64. The highest BCUT2D eigenvalue weighted by atomic mass is 32.2. The topological polar surface area (TPSA) is 54.5 Å². The second-order valence-corrected chi connectivity index (χ2v) is 10.6. The van der Waals surface area contributed by atoms with Gasteiger partial charge in [0.25, 0.3) is 0 Å².